The number of ether oxygens (including phenoxy) is 1. The van der Waals surface area contributed by atoms with Gasteiger partial charge in [-0.1, -0.05) is 0 Å². The quantitative estimate of drug-likeness (QED) is 0.531. The molecule has 1 aliphatic heterocycles. The van der Waals surface area contributed by atoms with Crippen molar-refractivity contribution in [1.29, 1.82) is 0 Å². The van der Waals surface area contributed by atoms with Crippen LogP contribution >= 0.6 is 11.8 Å². The van der Waals surface area contributed by atoms with Crippen LogP contribution in [0.25, 0.3) is 11.2 Å². The molecule has 0 radical (unpaired) electrons. The largest absolute Gasteiger partial charge is 0.394 e. The minimum absolute atomic E-state index is 0.188. The van der Waals surface area contributed by atoms with E-state index in [1.165, 1.54) is 18.7 Å². The molecular weight excluding hydrogens is 322 g/mol. The zero-order chi connectivity index (χ0) is 16.6. The molecule has 3 heterocycles. The Kier molecular flexibility index (Phi) is 4.48. The van der Waals surface area contributed by atoms with Crippen molar-refractivity contribution in [2.75, 3.05) is 18.2 Å². The van der Waals surface area contributed by atoms with Gasteiger partial charge >= 0.3 is 0 Å². The van der Waals surface area contributed by atoms with Gasteiger partial charge in [0.05, 0.1) is 19.0 Å². The van der Waals surface area contributed by atoms with Gasteiger partial charge in [-0.15, -0.1) is 11.8 Å². The first-order chi connectivity index (χ1) is 11.0. The van der Waals surface area contributed by atoms with Crippen LogP contribution in [-0.2, 0) is 9.53 Å². The number of nitrogens with one attached hydrogen (secondary N) is 1. The van der Waals surface area contributed by atoms with E-state index in [0.717, 1.165) is 0 Å². The van der Waals surface area contributed by atoms with Crippen molar-refractivity contribution in [2.24, 2.45) is 0 Å². The summed E-state index contributed by atoms with van der Waals surface area (Å²) in [5.41, 5.74) is 1.10. The third-order valence-corrected chi connectivity index (χ3v) is 4.24. The summed E-state index contributed by atoms with van der Waals surface area (Å²) in [5, 5.41) is 22.3. The molecule has 1 fully saturated rings. The Hall–Kier alpha value is -1.75. The molecule has 1 saturated heterocycles. The summed E-state index contributed by atoms with van der Waals surface area (Å²) in [6.45, 7) is 1.12. The highest BCUT2D eigenvalue weighted by Crippen LogP contribution is 2.32. The third kappa shape index (κ3) is 3.02. The zero-order valence-corrected chi connectivity index (χ0v) is 13.4. The van der Waals surface area contributed by atoms with Gasteiger partial charge in [0.1, 0.15) is 22.9 Å². The summed E-state index contributed by atoms with van der Waals surface area (Å²) < 4.78 is 7.32. The van der Waals surface area contributed by atoms with Gasteiger partial charge in [-0.05, 0) is 6.26 Å². The van der Waals surface area contributed by atoms with Gasteiger partial charge in [-0.3, -0.25) is 14.7 Å². The lowest BCUT2D eigenvalue weighted by Crippen LogP contribution is -2.24. The number of imidazole rings is 1. The molecule has 1 aliphatic rings. The van der Waals surface area contributed by atoms with Crippen LogP contribution in [0.2, 0.25) is 0 Å². The van der Waals surface area contributed by atoms with Crippen molar-refractivity contribution >= 4 is 34.8 Å². The minimum Gasteiger partial charge on any atom is -0.394 e. The zero-order valence-electron chi connectivity index (χ0n) is 12.6. The maximum absolute atomic E-state index is 11.2. The molecule has 0 spiro atoms. The lowest BCUT2D eigenvalue weighted by molar-refractivity contribution is -0.114. The molecule has 23 heavy (non-hydrogen) atoms. The van der Waals surface area contributed by atoms with E-state index in [1.54, 1.807) is 10.9 Å². The summed E-state index contributed by atoms with van der Waals surface area (Å²) in [5.74, 6) is -0.0799. The van der Waals surface area contributed by atoms with Crippen molar-refractivity contribution < 1.29 is 19.7 Å². The average Bonchev–Trinajstić information content (AvgIpc) is 3.08. The van der Waals surface area contributed by atoms with Crippen LogP contribution in [0.3, 0.4) is 0 Å². The molecule has 2 aromatic heterocycles. The molecule has 10 heteroatoms. The molecule has 3 N–H and O–H groups in total. The molecule has 9 nitrogen and oxygen atoms in total. The average molecular weight is 339 g/mol. The van der Waals surface area contributed by atoms with Crippen LogP contribution in [0.1, 0.15) is 19.6 Å². The predicted octanol–water partition coefficient (Wildman–Crippen LogP) is 0.147. The van der Waals surface area contributed by atoms with Gasteiger partial charge in [0.2, 0.25) is 11.9 Å². The van der Waals surface area contributed by atoms with E-state index < -0.39 is 18.4 Å². The van der Waals surface area contributed by atoms with Crippen LogP contribution in [0.5, 0.6) is 0 Å². The number of anilines is 1. The summed E-state index contributed by atoms with van der Waals surface area (Å²) >= 11 is 1.39. The Morgan fingerprint density at radius 1 is 1.57 bits per heavy atom. The van der Waals surface area contributed by atoms with Crippen molar-refractivity contribution in [3.05, 3.63) is 6.33 Å². The maximum atomic E-state index is 11.2. The van der Waals surface area contributed by atoms with Crippen molar-refractivity contribution in [1.82, 2.24) is 19.5 Å². The molecule has 0 aromatic carbocycles. The molecule has 2 aromatic rings. The van der Waals surface area contributed by atoms with Crippen molar-refractivity contribution in [2.45, 2.75) is 36.8 Å². The normalized spacial score (nSPS) is 24.3. The number of nitrogens with zero attached hydrogens (tertiary/aromatic N) is 4. The second-order valence-corrected chi connectivity index (χ2v) is 5.97. The summed E-state index contributed by atoms with van der Waals surface area (Å²) in [4.78, 5) is 24.1. The van der Waals surface area contributed by atoms with Crippen molar-refractivity contribution in [3.63, 3.8) is 0 Å². The molecule has 0 aliphatic carbocycles. The second kappa shape index (κ2) is 6.40. The first kappa shape index (κ1) is 16.1. The topological polar surface area (TPSA) is 122 Å². The number of fused-ring (bicyclic) bond motifs is 1. The molecule has 1 amide bonds. The predicted molar refractivity (Wildman–Crippen MR) is 83.0 cm³/mol. The van der Waals surface area contributed by atoms with E-state index in [-0.39, 0.29) is 18.5 Å². The summed E-state index contributed by atoms with van der Waals surface area (Å²) in [7, 11) is 0. The van der Waals surface area contributed by atoms with E-state index in [4.69, 9.17) is 4.74 Å². The molecule has 3 rings (SSSR count). The monoisotopic (exact) mass is 339 g/mol. The van der Waals surface area contributed by atoms with Crippen LogP contribution in [0.4, 0.5) is 5.95 Å². The Bertz CT molecular complexity index is 736. The van der Waals surface area contributed by atoms with E-state index in [2.05, 4.69) is 20.3 Å². The number of carbonyl (C=O) groups is 1. The highest BCUT2D eigenvalue weighted by atomic mass is 32.2. The van der Waals surface area contributed by atoms with E-state index >= 15 is 0 Å². The fourth-order valence-electron chi connectivity index (χ4n) is 2.51. The Balaban J connectivity index is 2.03. The van der Waals surface area contributed by atoms with E-state index in [1.807, 2.05) is 6.26 Å². The van der Waals surface area contributed by atoms with Gasteiger partial charge in [-0.2, -0.15) is 4.98 Å². The standard InChI is InChI=1S/C13H17N5O4S/c1-6(20)15-13-16-11-10(12(17-13)23-2)14-5-18(11)9-3-7(21)8(4-19)22-9/h5,7-9,19,21H,3-4H2,1-2H3,(H,15,16,17,20)/t7-,8+,9+/m0/s1. The van der Waals surface area contributed by atoms with Gasteiger partial charge in [-0.25, -0.2) is 9.97 Å². The molecule has 0 bridgehead atoms. The number of aliphatic hydroxyl groups excluding tert-OH is 2. The molecule has 3 atom stereocenters. The Morgan fingerprint density at radius 2 is 2.35 bits per heavy atom. The third-order valence-electron chi connectivity index (χ3n) is 3.56. The number of thioether (sulfide) groups is 1. The number of rotatable bonds is 4. The van der Waals surface area contributed by atoms with E-state index in [9.17, 15) is 15.0 Å². The number of aliphatic hydroxyl groups is 2. The maximum Gasteiger partial charge on any atom is 0.232 e. The highest BCUT2D eigenvalue weighted by Gasteiger charge is 2.35. The fourth-order valence-corrected chi connectivity index (χ4v) is 3.02. The van der Waals surface area contributed by atoms with Crippen molar-refractivity contribution in [3.8, 4) is 0 Å². The summed E-state index contributed by atoms with van der Waals surface area (Å²) in [6.07, 6.45) is 1.88. The highest BCUT2D eigenvalue weighted by molar-refractivity contribution is 7.98. The number of aromatic nitrogens is 4. The van der Waals surface area contributed by atoms with Crippen LogP contribution < -0.4 is 5.32 Å². The Labute approximate surface area is 136 Å². The fraction of sp³-hybridized carbons (Fsp3) is 0.538. The van der Waals surface area contributed by atoms with Gasteiger partial charge in [0, 0.05) is 13.3 Å². The second-order valence-electron chi connectivity index (χ2n) is 5.18. The van der Waals surface area contributed by atoms with Gasteiger partial charge in [0.25, 0.3) is 0 Å². The van der Waals surface area contributed by atoms with Gasteiger partial charge in [0.15, 0.2) is 5.65 Å². The van der Waals surface area contributed by atoms with Crippen LogP contribution in [-0.4, -0.2) is 60.7 Å². The molecule has 124 valence electrons. The number of carbonyl (C=O) groups excluding carboxylic acids is 1. The first-order valence-electron chi connectivity index (χ1n) is 7.04. The Morgan fingerprint density at radius 3 is 2.96 bits per heavy atom. The number of amides is 1. The lowest BCUT2D eigenvalue weighted by atomic mass is 10.2. The SMILES string of the molecule is CSc1nc(NC(C)=O)nc2c1ncn2[C@H]1C[C@H](O)[C@@H](CO)O1. The number of hydrogen-bond donors (Lipinski definition) is 3. The smallest absolute Gasteiger partial charge is 0.232 e. The lowest BCUT2D eigenvalue weighted by Gasteiger charge is -2.14. The van der Waals surface area contributed by atoms with Gasteiger partial charge < -0.3 is 14.9 Å². The molecular formula is C13H17N5O4S. The minimum atomic E-state index is -0.751. The molecule has 0 saturated carbocycles. The van der Waals surface area contributed by atoms with Crippen LogP contribution in [0.15, 0.2) is 11.4 Å². The van der Waals surface area contributed by atoms with E-state index in [0.29, 0.717) is 22.6 Å². The summed E-state index contributed by atoms with van der Waals surface area (Å²) in [6, 6.07) is 0. The molecule has 0 unspecified atom stereocenters. The van der Waals surface area contributed by atoms with Crippen LogP contribution in [0, 0.1) is 0 Å². The number of hydrogen-bond acceptors (Lipinski definition) is 8. The first-order valence-corrected chi connectivity index (χ1v) is 8.26.